The Balaban J connectivity index is 1.69. The van der Waals surface area contributed by atoms with Crippen molar-refractivity contribution in [2.45, 2.75) is 55.7 Å². The van der Waals surface area contributed by atoms with E-state index in [0.717, 1.165) is 29.9 Å². The van der Waals surface area contributed by atoms with Crippen molar-refractivity contribution in [2.24, 2.45) is 5.92 Å². The average Bonchev–Trinajstić information content (AvgIpc) is 3.19. The van der Waals surface area contributed by atoms with Crippen LogP contribution in [-0.2, 0) is 4.79 Å². The standard InChI is InChI=1S/C22H29N3O3S2/c1-15-8-10-18(11-9-15)25(13-16(2)17-6-4-3-5-7-17)22(28)24-21-23-12-20(30-21)29-14-19(26)27/h3-7,12,15-16,18H,8-11,13-14H2,1-2H3,(H,26,27)(H,23,24,28). The summed E-state index contributed by atoms with van der Waals surface area (Å²) >= 11 is 2.53. The molecule has 1 unspecified atom stereocenters. The lowest BCUT2D eigenvalue weighted by atomic mass is 9.86. The van der Waals surface area contributed by atoms with E-state index in [1.165, 1.54) is 28.7 Å². The number of carbonyl (C=O) groups excluding carboxylic acids is 1. The number of thioether (sulfide) groups is 1. The van der Waals surface area contributed by atoms with Crippen LogP contribution >= 0.6 is 23.1 Å². The molecule has 0 aliphatic heterocycles. The number of nitrogens with zero attached hydrogens (tertiary/aromatic N) is 2. The first-order valence-corrected chi connectivity index (χ1v) is 12.2. The number of benzene rings is 1. The van der Waals surface area contributed by atoms with Crippen LogP contribution in [0, 0.1) is 5.92 Å². The van der Waals surface area contributed by atoms with Crippen molar-refractivity contribution < 1.29 is 14.7 Å². The van der Waals surface area contributed by atoms with Crippen LogP contribution in [0.2, 0.25) is 0 Å². The average molecular weight is 448 g/mol. The summed E-state index contributed by atoms with van der Waals surface area (Å²) in [5.74, 6) is 0.0580. The lowest BCUT2D eigenvalue weighted by Crippen LogP contribution is -2.46. The molecule has 1 aromatic carbocycles. The van der Waals surface area contributed by atoms with Crippen molar-refractivity contribution >= 4 is 40.2 Å². The van der Waals surface area contributed by atoms with Crippen molar-refractivity contribution in [2.75, 3.05) is 17.6 Å². The minimum atomic E-state index is -0.869. The van der Waals surface area contributed by atoms with Gasteiger partial charge in [0.15, 0.2) is 5.13 Å². The zero-order chi connectivity index (χ0) is 21.5. The van der Waals surface area contributed by atoms with E-state index in [2.05, 4.69) is 36.3 Å². The van der Waals surface area contributed by atoms with Gasteiger partial charge in [0.25, 0.3) is 0 Å². The summed E-state index contributed by atoms with van der Waals surface area (Å²) in [5.41, 5.74) is 1.22. The molecule has 0 radical (unpaired) electrons. The number of rotatable bonds is 8. The fraction of sp³-hybridized carbons (Fsp3) is 0.500. The molecule has 2 aromatic rings. The molecule has 0 saturated heterocycles. The number of urea groups is 1. The van der Waals surface area contributed by atoms with Crippen molar-refractivity contribution in [1.29, 1.82) is 0 Å². The first kappa shape index (κ1) is 22.6. The van der Waals surface area contributed by atoms with Crippen molar-refractivity contribution in [1.82, 2.24) is 9.88 Å². The molecular formula is C22H29N3O3S2. The van der Waals surface area contributed by atoms with Crippen molar-refractivity contribution in [3.63, 3.8) is 0 Å². The highest BCUT2D eigenvalue weighted by atomic mass is 32.2. The number of nitrogens with one attached hydrogen (secondary N) is 1. The number of anilines is 1. The maximum atomic E-state index is 13.2. The van der Waals surface area contributed by atoms with Gasteiger partial charge >= 0.3 is 12.0 Å². The molecule has 1 heterocycles. The fourth-order valence-electron chi connectivity index (χ4n) is 3.81. The first-order valence-electron chi connectivity index (χ1n) is 10.4. The van der Waals surface area contributed by atoms with Gasteiger partial charge in [-0.15, -0.1) is 11.8 Å². The van der Waals surface area contributed by atoms with Crippen molar-refractivity contribution in [3.8, 4) is 0 Å². The van der Waals surface area contributed by atoms with Gasteiger partial charge in [0, 0.05) is 12.6 Å². The van der Waals surface area contributed by atoms with Crippen LogP contribution < -0.4 is 5.32 Å². The molecule has 2 amide bonds. The molecule has 2 N–H and O–H groups in total. The van der Waals surface area contributed by atoms with E-state index in [4.69, 9.17) is 5.11 Å². The van der Waals surface area contributed by atoms with E-state index < -0.39 is 5.97 Å². The zero-order valence-electron chi connectivity index (χ0n) is 17.4. The maximum Gasteiger partial charge on any atom is 0.323 e. The predicted octanol–water partition coefficient (Wildman–Crippen LogP) is 5.54. The molecule has 6 nitrogen and oxygen atoms in total. The van der Waals surface area contributed by atoms with Gasteiger partial charge in [-0.25, -0.2) is 9.78 Å². The van der Waals surface area contributed by atoms with Crippen LogP contribution in [0.1, 0.15) is 51.0 Å². The molecule has 0 bridgehead atoms. The Morgan fingerprint density at radius 2 is 1.97 bits per heavy atom. The lowest BCUT2D eigenvalue weighted by molar-refractivity contribution is -0.133. The molecule has 30 heavy (non-hydrogen) atoms. The minimum absolute atomic E-state index is 0.0173. The fourth-order valence-corrected chi connectivity index (χ4v) is 5.40. The molecule has 162 valence electrons. The second-order valence-corrected chi connectivity index (χ2v) is 10.3. The Morgan fingerprint density at radius 3 is 2.63 bits per heavy atom. The predicted molar refractivity (Wildman–Crippen MR) is 122 cm³/mol. The van der Waals surface area contributed by atoms with Crippen LogP contribution in [0.15, 0.2) is 40.7 Å². The Kier molecular flexibility index (Phi) is 8.16. The van der Waals surface area contributed by atoms with E-state index in [0.29, 0.717) is 17.6 Å². The quantitative estimate of drug-likeness (QED) is 0.520. The highest BCUT2D eigenvalue weighted by molar-refractivity contribution is 8.01. The van der Waals surface area contributed by atoms with Crippen LogP contribution in [0.5, 0.6) is 0 Å². The van der Waals surface area contributed by atoms with Gasteiger partial charge in [-0.2, -0.15) is 0 Å². The maximum absolute atomic E-state index is 13.2. The van der Waals surface area contributed by atoms with E-state index in [1.807, 2.05) is 23.1 Å². The smallest absolute Gasteiger partial charge is 0.323 e. The van der Waals surface area contributed by atoms with E-state index >= 15 is 0 Å². The summed E-state index contributed by atoms with van der Waals surface area (Å²) < 4.78 is 0.781. The van der Waals surface area contributed by atoms with Crippen molar-refractivity contribution in [3.05, 3.63) is 42.1 Å². The first-order chi connectivity index (χ1) is 14.4. The third-order valence-electron chi connectivity index (χ3n) is 5.56. The van der Waals surface area contributed by atoms with Crippen LogP contribution in [0.25, 0.3) is 0 Å². The normalized spacial score (nSPS) is 19.8. The summed E-state index contributed by atoms with van der Waals surface area (Å²) in [6.45, 7) is 5.09. The van der Waals surface area contributed by atoms with Gasteiger partial charge in [0.1, 0.15) is 0 Å². The summed E-state index contributed by atoms with van der Waals surface area (Å²) in [6.07, 6.45) is 5.94. The van der Waals surface area contributed by atoms with E-state index in [9.17, 15) is 9.59 Å². The molecule has 3 rings (SSSR count). The highest BCUT2D eigenvalue weighted by Gasteiger charge is 2.29. The van der Waals surface area contributed by atoms with Gasteiger partial charge in [-0.3, -0.25) is 10.1 Å². The van der Waals surface area contributed by atoms with Gasteiger partial charge < -0.3 is 10.0 Å². The molecular weight excluding hydrogens is 418 g/mol. The van der Waals surface area contributed by atoms with E-state index in [1.54, 1.807) is 6.20 Å². The molecule has 1 aromatic heterocycles. The van der Waals surface area contributed by atoms with Crippen LogP contribution in [0.3, 0.4) is 0 Å². The molecule has 1 aliphatic rings. The molecule has 1 fully saturated rings. The number of aromatic nitrogens is 1. The number of carbonyl (C=O) groups is 2. The molecule has 1 saturated carbocycles. The third kappa shape index (κ3) is 6.47. The molecule has 1 aliphatic carbocycles. The summed E-state index contributed by atoms with van der Waals surface area (Å²) in [4.78, 5) is 30.2. The minimum Gasteiger partial charge on any atom is -0.481 e. The van der Waals surface area contributed by atoms with Crippen LogP contribution in [0.4, 0.5) is 9.93 Å². The Labute approximate surface area is 186 Å². The summed E-state index contributed by atoms with van der Waals surface area (Å²) in [5, 5.41) is 12.3. The number of aliphatic carboxylic acids is 1. The Morgan fingerprint density at radius 1 is 1.27 bits per heavy atom. The Hall–Kier alpha value is -2.06. The largest absolute Gasteiger partial charge is 0.481 e. The molecule has 1 atom stereocenters. The number of thiazole rings is 1. The van der Waals surface area contributed by atoms with Crippen LogP contribution in [-0.4, -0.2) is 45.3 Å². The highest BCUT2D eigenvalue weighted by Crippen LogP contribution is 2.31. The lowest BCUT2D eigenvalue weighted by Gasteiger charge is -2.37. The zero-order valence-corrected chi connectivity index (χ0v) is 19.0. The number of carboxylic acids is 1. The second-order valence-electron chi connectivity index (χ2n) is 7.97. The molecule has 8 heteroatoms. The SMILES string of the molecule is CC1CCC(N(CC(C)c2ccccc2)C(=O)Nc2ncc(SCC(=O)O)s2)CC1. The topological polar surface area (TPSA) is 82.5 Å². The van der Waals surface area contributed by atoms with Gasteiger partial charge in [0.2, 0.25) is 0 Å². The van der Waals surface area contributed by atoms with Gasteiger partial charge in [-0.05, 0) is 43.1 Å². The van der Waals surface area contributed by atoms with Gasteiger partial charge in [-0.1, -0.05) is 55.5 Å². The second kappa shape index (κ2) is 10.8. The summed E-state index contributed by atoms with van der Waals surface area (Å²) in [7, 11) is 0. The number of hydrogen-bond acceptors (Lipinski definition) is 5. The third-order valence-corrected chi connectivity index (χ3v) is 7.65. The molecule has 0 spiro atoms. The Bertz CT molecular complexity index is 835. The van der Waals surface area contributed by atoms with Gasteiger partial charge in [0.05, 0.1) is 16.2 Å². The monoisotopic (exact) mass is 447 g/mol. The number of carboxylic acid groups (broad SMARTS) is 1. The van der Waals surface area contributed by atoms with E-state index in [-0.39, 0.29) is 23.7 Å². The number of amides is 2. The summed E-state index contributed by atoms with van der Waals surface area (Å²) in [6, 6.07) is 10.4. The number of hydrogen-bond donors (Lipinski definition) is 2.